The zero-order valence-electron chi connectivity index (χ0n) is 14.4. The number of carbonyl (C=O) groups excluding carboxylic acids is 1. The van der Waals surface area contributed by atoms with Gasteiger partial charge < -0.3 is 16.0 Å². The van der Waals surface area contributed by atoms with E-state index in [0.717, 1.165) is 23.8 Å². The van der Waals surface area contributed by atoms with Crippen LogP contribution in [0.25, 0.3) is 0 Å². The second-order valence-electron chi connectivity index (χ2n) is 5.52. The third-order valence-electron chi connectivity index (χ3n) is 3.34. The van der Waals surface area contributed by atoms with Gasteiger partial charge in [0.05, 0.1) is 4.88 Å². The van der Waals surface area contributed by atoms with Crippen molar-refractivity contribution >= 4 is 47.2 Å². The lowest BCUT2D eigenvalue weighted by molar-refractivity contribution is 0.0957. The van der Waals surface area contributed by atoms with Gasteiger partial charge in [-0.1, -0.05) is 19.9 Å². The van der Waals surface area contributed by atoms with E-state index >= 15 is 0 Å². The zero-order valence-corrected chi connectivity index (χ0v) is 17.5. The number of aliphatic imine (C=N–C) groups is 1. The van der Waals surface area contributed by atoms with E-state index in [0.29, 0.717) is 25.0 Å². The fourth-order valence-corrected chi connectivity index (χ4v) is 2.31. The molecule has 7 heteroatoms. The lowest BCUT2D eigenvalue weighted by Crippen LogP contribution is -2.44. The maximum atomic E-state index is 11.8. The van der Waals surface area contributed by atoms with E-state index in [4.69, 9.17) is 0 Å². The number of hydrogen-bond acceptors (Lipinski definition) is 3. The van der Waals surface area contributed by atoms with Crippen LogP contribution in [0.3, 0.4) is 0 Å². The molecule has 0 aliphatic rings. The first-order valence-corrected chi connectivity index (χ1v) is 8.79. The van der Waals surface area contributed by atoms with Gasteiger partial charge in [-0.3, -0.25) is 9.79 Å². The third kappa shape index (κ3) is 9.14. The van der Waals surface area contributed by atoms with Crippen LogP contribution in [-0.4, -0.2) is 37.5 Å². The van der Waals surface area contributed by atoms with Crippen LogP contribution in [0.5, 0.6) is 0 Å². The number of hydrogen-bond donors (Lipinski definition) is 3. The van der Waals surface area contributed by atoms with Crippen molar-refractivity contribution in [3.63, 3.8) is 0 Å². The van der Waals surface area contributed by atoms with E-state index in [2.05, 4.69) is 48.6 Å². The molecule has 3 N–H and O–H groups in total. The molecule has 0 aliphatic carbocycles. The summed E-state index contributed by atoms with van der Waals surface area (Å²) in [5, 5.41) is 11.5. The first kappa shape index (κ1) is 22.2. The zero-order chi connectivity index (χ0) is 16.4. The van der Waals surface area contributed by atoms with Crippen molar-refractivity contribution in [3.8, 4) is 0 Å². The van der Waals surface area contributed by atoms with E-state index in [1.54, 1.807) is 0 Å². The fourth-order valence-electron chi connectivity index (χ4n) is 1.67. The first-order chi connectivity index (χ1) is 10.5. The number of halogens is 1. The maximum absolute atomic E-state index is 11.8. The summed E-state index contributed by atoms with van der Waals surface area (Å²) in [6.07, 6.45) is 0.823. The summed E-state index contributed by atoms with van der Waals surface area (Å²) in [7, 11) is 0. The lowest BCUT2D eigenvalue weighted by atomic mass is 10.1. The Morgan fingerprint density at radius 1 is 1.30 bits per heavy atom. The summed E-state index contributed by atoms with van der Waals surface area (Å²) in [5.74, 6) is 1.39. The van der Waals surface area contributed by atoms with Crippen molar-refractivity contribution in [1.82, 2.24) is 16.0 Å². The molecule has 0 spiro atoms. The third-order valence-corrected chi connectivity index (χ3v) is 4.21. The predicted molar refractivity (Wildman–Crippen MR) is 110 cm³/mol. The Morgan fingerprint density at radius 2 is 2.04 bits per heavy atom. The van der Waals surface area contributed by atoms with Crippen LogP contribution in [0.1, 0.15) is 43.8 Å². The molecule has 0 aliphatic heterocycles. The number of guanidine groups is 1. The number of nitrogens with one attached hydrogen (secondary N) is 3. The van der Waals surface area contributed by atoms with E-state index in [-0.39, 0.29) is 29.9 Å². The molecule has 1 atom stereocenters. The Labute approximate surface area is 160 Å². The summed E-state index contributed by atoms with van der Waals surface area (Å²) in [6, 6.07) is 4.09. The lowest BCUT2D eigenvalue weighted by Gasteiger charge is -2.20. The second-order valence-corrected chi connectivity index (χ2v) is 6.47. The molecule has 0 radical (unpaired) electrons. The van der Waals surface area contributed by atoms with E-state index in [1.165, 1.54) is 11.3 Å². The van der Waals surface area contributed by atoms with Gasteiger partial charge in [0.25, 0.3) is 5.91 Å². The molecular weight excluding hydrogens is 423 g/mol. The monoisotopic (exact) mass is 452 g/mol. The van der Waals surface area contributed by atoms with Crippen LogP contribution in [0.15, 0.2) is 22.5 Å². The highest BCUT2D eigenvalue weighted by atomic mass is 127. The summed E-state index contributed by atoms with van der Waals surface area (Å²) in [5.41, 5.74) is 0. The Bertz CT molecular complexity index is 463. The normalized spacial score (nSPS) is 12.5. The van der Waals surface area contributed by atoms with Gasteiger partial charge in [0.1, 0.15) is 0 Å². The van der Waals surface area contributed by atoms with Gasteiger partial charge in [-0.25, -0.2) is 0 Å². The average Bonchev–Trinajstić information content (AvgIpc) is 3.00. The quantitative estimate of drug-likeness (QED) is 0.246. The largest absolute Gasteiger partial charge is 0.357 e. The summed E-state index contributed by atoms with van der Waals surface area (Å²) in [4.78, 5) is 17.1. The van der Waals surface area contributed by atoms with Crippen LogP contribution in [0.4, 0.5) is 0 Å². The molecule has 1 amide bonds. The molecule has 1 heterocycles. The molecule has 0 saturated carbocycles. The van der Waals surface area contributed by atoms with Crippen LogP contribution in [0, 0.1) is 5.92 Å². The van der Waals surface area contributed by atoms with Crippen LogP contribution < -0.4 is 16.0 Å². The number of thiophene rings is 1. The van der Waals surface area contributed by atoms with Crippen molar-refractivity contribution < 1.29 is 4.79 Å². The minimum absolute atomic E-state index is 0. The Balaban J connectivity index is 0.00000484. The van der Waals surface area contributed by atoms with Crippen molar-refractivity contribution in [3.05, 3.63) is 22.4 Å². The molecule has 1 aromatic rings. The molecule has 1 rings (SSSR count). The van der Waals surface area contributed by atoms with E-state index < -0.39 is 0 Å². The number of carbonyl (C=O) groups is 1. The van der Waals surface area contributed by atoms with Gasteiger partial charge in [0.15, 0.2) is 5.96 Å². The molecule has 0 fully saturated rings. The maximum Gasteiger partial charge on any atom is 0.261 e. The summed E-state index contributed by atoms with van der Waals surface area (Å²) < 4.78 is 0. The molecule has 0 saturated heterocycles. The molecule has 1 unspecified atom stereocenters. The molecule has 0 aromatic carbocycles. The van der Waals surface area contributed by atoms with Crippen LogP contribution >= 0.6 is 35.3 Å². The molecule has 1 aromatic heterocycles. The first-order valence-electron chi connectivity index (χ1n) is 7.91. The van der Waals surface area contributed by atoms with E-state index in [9.17, 15) is 4.79 Å². The van der Waals surface area contributed by atoms with Gasteiger partial charge >= 0.3 is 0 Å². The van der Waals surface area contributed by atoms with Gasteiger partial charge in [-0.15, -0.1) is 35.3 Å². The Hall–Kier alpha value is -0.830. The number of nitrogens with zero attached hydrogens (tertiary/aromatic N) is 1. The molecule has 0 bridgehead atoms. The smallest absolute Gasteiger partial charge is 0.261 e. The predicted octanol–water partition coefficient (Wildman–Crippen LogP) is 3.09. The Morgan fingerprint density at radius 3 is 2.61 bits per heavy atom. The second kappa shape index (κ2) is 12.6. The SMILES string of the molecule is CCNC(=NCCCNC(=O)c1cccs1)NC(C)C(C)C.I. The highest BCUT2D eigenvalue weighted by Crippen LogP contribution is 2.07. The minimum Gasteiger partial charge on any atom is -0.357 e. The van der Waals surface area contributed by atoms with E-state index in [1.807, 2.05) is 17.5 Å². The highest BCUT2D eigenvalue weighted by Gasteiger charge is 2.08. The molecule has 5 nitrogen and oxygen atoms in total. The number of amides is 1. The van der Waals surface area contributed by atoms with Gasteiger partial charge in [0, 0.05) is 25.7 Å². The number of rotatable bonds is 8. The van der Waals surface area contributed by atoms with Crippen LogP contribution in [0.2, 0.25) is 0 Å². The minimum atomic E-state index is -0.00237. The van der Waals surface area contributed by atoms with Crippen molar-refractivity contribution in [2.24, 2.45) is 10.9 Å². The summed E-state index contributed by atoms with van der Waals surface area (Å²) >= 11 is 1.46. The Kier molecular flexibility index (Phi) is 12.1. The highest BCUT2D eigenvalue weighted by molar-refractivity contribution is 14.0. The topological polar surface area (TPSA) is 65.5 Å². The van der Waals surface area contributed by atoms with Crippen molar-refractivity contribution in [2.45, 2.75) is 40.2 Å². The molecular formula is C16H29IN4OS. The summed E-state index contributed by atoms with van der Waals surface area (Å²) in [6.45, 7) is 10.7. The fraction of sp³-hybridized carbons (Fsp3) is 0.625. The van der Waals surface area contributed by atoms with Gasteiger partial charge in [0.2, 0.25) is 0 Å². The average molecular weight is 452 g/mol. The van der Waals surface area contributed by atoms with Gasteiger partial charge in [-0.05, 0) is 37.6 Å². The molecule has 23 heavy (non-hydrogen) atoms. The van der Waals surface area contributed by atoms with Crippen LogP contribution in [-0.2, 0) is 0 Å². The van der Waals surface area contributed by atoms with Crippen molar-refractivity contribution in [2.75, 3.05) is 19.6 Å². The standard InChI is InChI=1S/C16H28N4OS.HI/c1-5-17-16(20-13(4)12(2)3)19-10-7-9-18-15(21)14-8-6-11-22-14;/h6,8,11-13H,5,7,9-10H2,1-4H3,(H,18,21)(H2,17,19,20);1H. The van der Waals surface area contributed by atoms with Crippen molar-refractivity contribution in [1.29, 1.82) is 0 Å². The van der Waals surface area contributed by atoms with Gasteiger partial charge in [-0.2, -0.15) is 0 Å². The molecule has 132 valence electrons.